The molecular formula is C25H20N8OS2. The summed E-state index contributed by atoms with van der Waals surface area (Å²) in [7, 11) is 0. The number of benzene rings is 1. The number of nitrogens with zero attached hydrogens (tertiary/aromatic N) is 7. The van der Waals surface area contributed by atoms with Crippen molar-refractivity contribution < 1.29 is 4.79 Å². The smallest absolute Gasteiger partial charge is 0.282 e. The SMILES string of the molecule is CC(C)Cc1nn2c(/C=C3/C(=N)N4N=C(c5cccnc5)SC4=NC3=O)c(-c3ccccc3)nc2s1. The molecular weight excluding hydrogens is 492 g/mol. The largest absolute Gasteiger partial charge is 0.283 e. The zero-order valence-corrected chi connectivity index (χ0v) is 21.0. The molecule has 0 radical (unpaired) electrons. The summed E-state index contributed by atoms with van der Waals surface area (Å²) in [6.45, 7) is 4.29. The molecule has 0 fully saturated rings. The Labute approximate surface area is 214 Å². The van der Waals surface area contributed by atoms with Gasteiger partial charge in [0, 0.05) is 29.9 Å². The van der Waals surface area contributed by atoms with E-state index in [4.69, 9.17) is 15.5 Å². The van der Waals surface area contributed by atoms with E-state index in [2.05, 4.69) is 28.9 Å². The number of carbonyl (C=O) groups excluding carboxylic acids is 1. The van der Waals surface area contributed by atoms with E-state index in [1.807, 2.05) is 42.5 Å². The van der Waals surface area contributed by atoms with Gasteiger partial charge in [-0.1, -0.05) is 55.5 Å². The van der Waals surface area contributed by atoms with Gasteiger partial charge in [0.05, 0.1) is 17.0 Å². The lowest BCUT2D eigenvalue weighted by Gasteiger charge is -2.20. The second-order valence-electron chi connectivity index (χ2n) is 8.67. The Morgan fingerprint density at radius 1 is 1.11 bits per heavy atom. The van der Waals surface area contributed by atoms with Crippen LogP contribution in [0.3, 0.4) is 0 Å². The lowest BCUT2D eigenvalue weighted by atomic mass is 10.1. The van der Waals surface area contributed by atoms with E-state index < -0.39 is 5.91 Å². The first-order valence-corrected chi connectivity index (χ1v) is 13.0. The van der Waals surface area contributed by atoms with E-state index in [0.29, 0.717) is 27.5 Å². The number of rotatable bonds is 5. The number of thioether (sulfide) groups is 1. The van der Waals surface area contributed by atoms with E-state index in [9.17, 15) is 4.79 Å². The third kappa shape index (κ3) is 3.95. The zero-order chi connectivity index (χ0) is 24.8. The molecule has 1 amide bonds. The maximum Gasteiger partial charge on any atom is 0.283 e. The third-order valence-corrected chi connectivity index (χ3v) is 7.44. The number of hydrazone groups is 1. The molecule has 0 spiro atoms. The normalized spacial score (nSPS) is 16.8. The first kappa shape index (κ1) is 22.5. The number of imidazole rings is 1. The zero-order valence-electron chi connectivity index (χ0n) is 19.4. The average Bonchev–Trinajstić information content (AvgIpc) is 3.56. The number of amidine groups is 2. The maximum absolute atomic E-state index is 13.1. The number of aliphatic imine (C=N–C) groups is 1. The first-order chi connectivity index (χ1) is 17.5. The van der Waals surface area contributed by atoms with Crippen LogP contribution in [0.2, 0.25) is 0 Å². The summed E-state index contributed by atoms with van der Waals surface area (Å²) in [5.74, 6) is -0.0763. The molecule has 0 saturated heterocycles. The van der Waals surface area contributed by atoms with Crippen molar-refractivity contribution >= 4 is 56.1 Å². The molecule has 5 heterocycles. The van der Waals surface area contributed by atoms with E-state index in [1.54, 1.807) is 23.0 Å². The van der Waals surface area contributed by atoms with Crippen LogP contribution in [0, 0.1) is 11.3 Å². The Kier molecular flexibility index (Phi) is 5.57. The average molecular weight is 513 g/mol. The Morgan fingerprint density at radius 2 is 1.92 bits per heavy atom. The Hall–Kier alpha value is -3.96. The highest BCUT2D eigenvalue weighted by atomic mass is 32.2. The Balaban J connectivity index is 1.45. The molecule has 0 saturated carbocycles. The van der Waals surface area contributed by atoms with Crippen LogP contribution in [0.5, 0.6) is 0 Å². The fourth-order valence-electron chi connectivity index (χ4n) is 3.91. The second kappa shape index (κ2) is 8.92. The molecule has 11 heteroatoms. The maximum atomic E-state index is 13.1. The van der Waals surface area contributed by atoms with Gasteiger partial charge in [-0.3, -0.25) is 15.2 Å². The van der Waals surface area contributed by atoms with Gasteiger partial charge in [0.15, 0.2) is 5.84 Å². The van der Waals surface area contributed by atoms with Gasteiger partial charge in [-0.15, -0.1) is 0 Å². The van der Waals surface area contributed by atoms with Gasteiger partial charge in [0.1, 0.15) is 10.1 Å². The van der Waals surface area contributed by atoms with Gasteiger partial charge >= 0.3 is 0 Å². The van der Waals surface area contributed by atoms with Gasteiger partial charge in [-0.05, 0) is 35.9 Å². The predicted molar refractivity (Wildman–Crippen MR) is 143 cm³/mol. The fourth-order valence-corrected chi connectivity index (χ4v) is 5.90. The first-order valence-electron chi connectivity index (χ1n) is 11.3. The van der Waals surface area contributed by atoms with Crippen LogP contribution in [-0.4, -0.2) is 46.5 Å². The standard InChI is InChI=1S/C25H20N8OS2/c1-14(2)11-19-30-32-18(20(28-24(32)35-19)15-7-4-3-5-8-15)12-17-21(26)33-25(29-22(17)34)36-23(31-33)16-9-6-10-27-13-16/h3-10,12-14,26H,11H2,1-2H3/b17-12-,26-21?. The number of hydrogen-bond acceptors (Lipinski definition) is 8. The summed E-state index contributed by atoms with van der Waals surface area (Å²) < 4.78 is 1.76. The molecule has 0 bridgehead atoms. The quantitative estimate of drug-likeness (QED) is 0.387. The molecule has 1 N–H and O–H groups in total. The molecule has 6 rings (SSSR count). The Morgan fingerprint density at radius 3 is 2.67 bits per heavy atom. The molecule has 0 unspecified atom stereocenters. The number of aromatic nitrogens is 4. The van der Waals surface area contributed by atoms with Gasteiger partial charge in [-0.2, -0.15) is 20.2 Å². The number of amides is 1. The molecule has 36 heavy (non-hydrogen) atoms. The van der Waals surface area contributed by atoms with E-state index in [0.717, 1.165) is 27.5 Å². The van der Waals surface area contributed by atoms with Crippen LogP contribution < -0.4 is 0 Å². The molecule has 178 valence electrons. The van der Waals surface area contributed by atoms with Crippen LogP contribution in [0.25, 0.3) is 22.3 Å². The van der Waals surface area contributed by atoms with Gasteiger partial charge in [-0.25, -0.2) is 9.50 Å². The van der Waals surface area contributed by atoms with Crippen molar-refractivity contribution in [2.24, 2.45) is 16.0 Å². The lowest BCUT2D eigenvalue weighted by Crippen LogP contribution is -2.35. The van der Waals surface area contributed by atoms with Gasteiger partial charge < -0.3 is 0 Å². The highest BCUT2D eigenvalue weighted by Gasteiger charge is 2.36. The van der Waals surface area contributed by atoms with Crippen molar-refractivity contribution in [3.63, 3.8) is 0 Å². The number of nitrogens with one attached hydrogen (secondary N) is 1. The predicted octanol–water partition coefficient (Wildman–Crippen LogP) is 4.72. The van der Waals surface area contributed by atoms with Crippen LogP contribution in [-0.2, 0) is 11.2 Å². The third-order valence-electron chi connectivity index (χ3n) is 5.55. The molecule has 1 aromatic carbocycles. The minimum atomic E-state index is -0.493. The summed E-state index contributed by atoms with van der Waals surface area (Å²) in [5.41, 5.74) is 3.17. The Bertz CT molecular complexity index is 1600. The molecule has 9 nitrogen and oxygen atoms in total. The minimum Gasteiger partial charge on any atom is -0.282 e. The monoisotopic (exact) mass is 512 g/mol. The summed E-state index contributed by atoms with van der Waals surface area (Å²) >= 11 is 2.78. The summed E-state index contributed by atoms with van der Waals surface area (Å²) in [6.07, 6.45) is 5.88. The van der Waals surface area contributed by atoms with Crippen LogP contribution in [0.1, 0.15) is 30.1 Å². The number of hydrogen-bond donors (Lipinski definition) is 1. The highest BCUT2D eigenvalue weighted by Crippen LogP contribution is 2.33. The highest BCUT2D eigenvalue weighted by molar-refractivity contribution is 8.27. The number of carbonyl (C=O) groups is 1. The van der Waals surface area contributed by atoms with Crippen molar-refractivity contribution in [2.45, 2.75) is 20.3 Å². The topological polar surface area (TPSA) is 112 Å². The van der Waals surface area contributed by atoms with E-state index in [-0.39, 0.29) is 11.4 Å². The molecule has 2 aliphatic rings. The van der Waals surface area contributed by atoms with E-state index in [1.165, 1.54) is 28.1 Å². The van der Waals surface area contributed by atoms with Crippen molar-refractivity contribution in [1.29, 1.82) is 5.41 Å². The van der Waals surface area contributed by atoms with Crippen molar-refractivity contribution in [3.8, 4) is 11.3 Å². The molecule has 2 aliphatic heterocycles. The summed E-state index contributed by atoms with van der Waals surface area (Å²) in [5, 5.41) is 21.5. The van der Waals surface area contributed by atoms with Crippen LogP contribution in [0.15, 0.2) is 70.5 Å². The van der Waals surface area contributed by atoms with Crippen molar-refractivity contribution in [3.05, 3.63) is 76.7 Å². The lowest BCUT2D eigenvalue weighted by molar-refractivity contribution is -0.114. The van der Waals surface area contributed by atoms with Crippen molar-refractivity contribution in [1.82, 2.24) is 24.6 Å². The molecule has 4 aromatic rings. The number of pyridine rings is 1. The van der Waals surface area contributed by atoms with Crippen LogP contribution >= 0.6 is 23.1 Å². The molecule has 0 aliphatic carbocycles. The summed E-state index contributed by atoms with van der Waals surface area (Å²) in [4.78, 5) is 27.1. The molecule has 0 atom stereocenters. The fraction of sp³-hybridized carbons (Fsp3) is 0.160. The van der Waals surface area contributed by atoms with Crippen molar-refractivity contribution in [2.75, 3.05) is 0 Å². The second-order valence-corrected chi connectivity index (χ2v) is 10.7. The summed E-state index contributed by atoms with van der Waals surface area (Å²) in [6, 6.07) is 13.5. The number of fused-ring (bicyclic) bond motifs is 2. The van der Waals surface area contributed by atoms with Crippen LogP contribution in [0.4, 0.5) is 0 Å². The molecule has 3 aromatic heterocycles. The minimum absolute atomic E-state index is 0.0389. The van der Waals surface area contributed by atoms with Gasteiger partial charge in [0.2, 0.25) is 10.1 Å². The van der Waals surface area contributed by atoms with Gasteiger partial charge in [0.25, 0.3) is 5.91 Å². The van der Waals surface area contributed by atoms with E-state index >= 15 is 0 Å².